The van der Waals surface area contributed by atoms with E-state index in [1.807, 2.05) is 57.3 Å². The van der Waals surface area contributed by atoms with Gasteiger partial charge in [-0.15, -0.1) is 5.10 Å². The third kappa shape index (κ3) is 6.47. The second kappa shape index (κ2) is 11.9. The highest BCUT2D eigenvalue weighted by atomic mass is 32.2. The maximum absolute atomic E-state index is 13.9. The van der Waals surface area contributed by atoms with Gasteiger partial charge in [-0.05, 0) is 37.3 Å². The molecule has 42 heavy (non-hydrogen) atoms. The van der Waals surface area contributed by atoms with E-state index in [2.05, 4.69) is 20.5 Å². The second-order valence-corrected chi connectivity index (χ2v) is 15.2. The van der Waals surface area contributed by atoms with Crippen LogP contribution in [0, 0.1) is 5.41 Å². The summed E-state index contributed by atoms with van der Waals surface area (Å²) in [6.07, 6.45) is 3.17. The molecule has 2 amide bonds. The van der Waals surface area contributed by atoms with Gasteiger partial charge in [-0.2, -0.15) is 4.31 Å². The van der Waals surface area contributed by atoms with E-state index in [0.29, 0.717) is 32.1 Å². The van der Waals surface area contributed by atoms with Gasteiger partial charge in [0.25, 0.3) is 0 Å². The first-order chi connectivity index (χ1) is 19.9. The van der Waals surface area contributed by atoms with E-state index in [0.717, 1.165) is 24.2 Å². The number of nitrogens with one attached hydrogen (secondary N) is 1. The van der Waals surface area contributed by atoms with Crippen molar-refractivity contribution < 1.29 is 23.1 Å². The first-order valence-corrected chi connectivity index (χ1v) is 16.3. The van der Waals surface area contributed by atoms with Crippen molar-refractivity contribution in [2.75, 3.05) is 44.2 Å². The highest BCUT2D eigenvalue weighted by Gasteiger charge is 2.45. The maximum Gasteiger partial charge on any atom is 0.248 e. The number of aromatic nitrogens is 3. The van der Waals surface area contributed by atoms with Gasteiger partial charge in [0.1, 0.15) is 12.1 Å². The van der Waals surface area contributed by atoms with Gasteiger partial charge in [0.15, 0.2) is 0 Å². The molecule has 3 fully saturated rings. The Bertz CT molecular complexity index is 1360. The lowest BCUT2D eigenvalue weighted by atomic mass is 9.85. The lowest BCUT2D eigenvalue weighted by Crippen LogP contribution is -2.54. The van der Waals surface area contributed by atoms with E-state index in [1.54, 1.807) is 11.6 Å². The Morgan fingerprint density at radius 3 is 2.38 bits per heavy atom. The molecule has 2 aliphatic heterocycles. The molecule has 230 valence electrons. The highest BCUT2D eigenvalue weighted by Crippen LogP contribution is 2.40. The van der Waals surface area contributed by atoms with Gasteiger partial charge >= 0.3 is 0 Å². The number of piperazine rings is 1. The fourth-order valence-electron chi connectivity index (χ4n) is 5.89. The van der Waals surface area contributed by atoms with Gasteiger partial charge in [-0.25, -0.2) is 13.1 Å². The number of aliphatic hydroxyl groups excluding tert-OH is 1. The molecule has 0 radical (unpaired) electrons. The number of hydrogen-bond acceptors (Lipinski definition) is 8. The summed E-state index contributed by atoms with van der Waals surface area (Å²) in [5.74, 6) is -0.406. The molecular formula is C29H43N7O5S. The SMILES string of the molecule is CC(CNC(=O)[C@@H]1C[C@@H](O)CN1C(=O)[C@@H](n1cc(C2CC2)nn1)C(C)(C)C)S(=O)(=O)N1CCN(c2ccccc2)CC1. The molecule has 1 unspecified atom stereocenters. The maximum atomic E-state index is 13.9. The zero-order valence-electron chi connectivity index (χ0n) is 24.9. The highest BCUT2D eigenvalue weighted by molar-refractivity contribution is 7.89. The zero-order valence-corrected chi connectivity index (χ0v) is 25.7. The lowest BCUT2D eigenvalue weighted by Gasteiger charge is -2.36. The van der Waals surface area contributed by atoms with Crippen LogP contribution in [0.4, 0.5) is 5.69 Å². The van der Waals surface area contributed by atoms with Crippen molar-refractivity contribution in [3.8, 4) is 0 Å². The Kier molecular flexibility index (Phi) is 8.64. The van der Waals surface area contributed by atoms with Crippen molar-refractivity contribution in [2.45, 2.75) is 76.3 Å². The van der Waals surface area contributed by atoms with Crippen LogP contribution in [0.1, 0.15) is 64.6 Å². The van der Waals surface area contributed by atoms with Crippen molar-refractivity contribution in [2.24, 2.45) is 5.41 Å². The molecule has 2 saturated heterocycles. The van der Waals surface area contributed by atoms with Crippen molar-refractivity contribution in [1.82, 2.24) is 29.5 Å². The number of benzene rings is 1. The minimum atomic E-state index is -3.65. The molecule has 5 rings (SSSR count). The number of rotatable bonds is 9. The fraction of sp³-hybridized carbons (Fsp3) is 0.655. The third-order valence-electron chi connectivity index (χ3n) is 8.50. The lowest BCUT2D eigenvalue weighted by molar-refractivity contribution is -0.144. The monoisotopic (exact) mass is 601 g/mol. The van der Waals surface area contributed by atoms with E-state index in [1.165, 1.54) is 9.21 Å². The number of nitrogens with zero attached hydrogens (tertiary/aromatic N) is 6. The fourth-order valence-corrected chi connectivity index (χ4v) is 7.36. The van der Waals surface area contributed by atoms with Crippen LogP contribution in [0.15, 0.2) is 36.5 Å². The quantitative estimate of drug-likeness (QED) is 0.439. The van der Waals surface area contributed by atoms with Crippen LogP contribution in [0.25, 0.3) is 0 Å². The summed E-state index contributed by atoms with van der Waals surface area (Å²) in [6.45, 7) is 9.22. The van der Waals surface area contributed by atoms with Crippen molar-refractivity contribution >= 4 is 27.5 Å². The molecule has 1 aromatic heterocycles. The Balaban J connectivity index is 1.21. The molecular weight excluding hydrogens is 558 g/mol. The van der Waals surface area contributed by atoms with Crippen molar-refractivity contribution in [3.05, 3.63) is 42.2 Å². The van der Waals surface area contributed by atoms with Crippen LogP contribution in [-0.2, 0) is 19.6 Å². The Hall–Kier alpha value is -3.03. The predicted octanol–water partition coefficient (Wildman–Crippen LogP) is 1.36. The average Bonchev–Trinajstić information content (AvgIpc) is 3.57. The van der Waals surface area contributed by atoms with Gasteiger partial charge in [0, 0.05) is 63.5 Å². The minimum absolute atomic E-state index is 0.0211. The number of amides is 2. The van der Waals surface area contributed by atoms with Gasteiger partial charge in [-0.3, -0.25) is 9.59 Å². The molecule has 2 N–H and O–H groups in total. The number of anilines is 1. The number of carbonyl (C=O) groups excluding carboxylic acids is 2. The van der Waals surface area contributed by atoms with Gasteiger partial charge in [0.05, 0.1) is 17.0 Å². The number of carbonyl (C=O) groups is 2. The van der Waals surface area contributed by atoms with Gasteiger partial charge in [0.2, 0.25) is 21.8 Å². The van der Waals surface area contributed by atoms with Crippen LogP contribution >= 0.6 is 0 Å². The first-order valence-electron chi connectivity index (χ1n) is 14.8. The summed E-state index contributed by atoms with van der Waals surface area (Å²) in [5.41, 5.74) is 1.39. The van der Waals surface area contributed by atoms with E-state index in [4.69, 9.17) is 0 Å². The predicted molar refractivity (Wildman–Crippen MR) is 158 cm³/mol. The number of aliphatic hydroxyl groups is 1. The summed E-state index contributed by atoms with van der Waals surface area (Å²) >= 11 is 0. The number of hydrogen-bond donors (Lipinski definition) is 2. The Morgan fingerprint density at radius 1 is 1.10 bits per heavy atom. The number of sulfonamides is 1. The van der Waals surface area contributed by atoms with Crippen LogP contribution in [0.3, 0.4) is 0 Å². The van der Waals surface area contributed by atoms with Crippen molar-refractivity contribution in [3.63, 3.8) is 0 Å². The molecule has 1 aromatic carbocycles. The normalized spacial score (nSPS) is 23.5. The van der Waals surface area contributed by atoms with Crippen LogP contribution in [-0.4, -0.2) is 106 Å². The van der Waals surface area contributed by atoms with Crippen LogP contribution < -0.4 is 10.2 Å². The largest absolute Gasteiger partial charge is 0.391 e. The molecule has 4 atom stereocenters. The number of para-hydroxylation sites is 1. The first kappa shape index (κ1) is 30.4. The molecule has 3 aliphatic rings. The third-order valence-corrected chi connectivity index (χ3v) is 10.8. The molecule has 2 aromatic rings. The van der Waals surface area contributed by atoms with Crippen LogP contribution in [0.5, 0.6) is 0 Å². The summed E-state index contributed by atoms with van der Waals surface area (Å²) in [6, 6.07) is 8.27. The Morgan fingerprint density at radius 2 is 1.76 bits per heavy atom. The summed E-state index contributed by atoms with van der Waals surface area (Å²) < 4.78 is 29.7. The minimum Gasteiger partial charge on any atom is -0.391 e. The van der Waals surface area contributed by atoms with E-state index in [-0.39, 0.29) is 25.4 Å². The smallest absolute Gasteiger partial charge is 0.248 e. The molecule has 0 spiro atoms. The van der Waals surface area contributed by atoms with Gasteiger partial charge < -0.3 is 20.2 Å². The number of β-amino-alcohol motifs (C(OH)–C–C–N with tert-alkyl or cyclic N) is 1. The van der Waals surface area contributed by atoms with Crippen LogP contribution in [0.2, 0.25) is 0 Å². The Labute approximate surface area is 248 Å². The van der Waals surface area contributed by atoms with Crippen molar-refractivity contribution in [1.29, 1.82) is 0 Å². The molecule has 1 saturated carbocycles. The topological polar surface area (TPSA) is 141 Å². The van der Waals surface area contributed by atoms with Gasteiger partial charge in [-0.1, -0.05) is 44.2 Å². The second-order valence-electron chi connectivity index (χ2n) is 12.9. The summed E-state index contributed by atoms with van der Waals surface area (Å²) in [5, 5.41) is 20.9. The molecule has 13 heteroatoms. The summed E-state index contributed by atoms with van der Waals surface area (Å²) in [4.78, 5) is 30.9. The molecule has 0 bridgehead atoms. The standard InChI is InChI=1S/C29H43N7O5S/c1-20(42(40,41)34-14-12-33(13-15-34)22-8-6-5-7-9-22)17-30-27(38)25-16-23(37)18-35(25)28(39)26(29(2,3)4)36-19-24(31-32-36)21-10-11-21/h5-9,19-21,23,25-26,37H,10-18H2,1-4H3,(H,30,38)/t20?,23-,25+,26-/m1/s1. The zero-order chi connectivity index (χ0) is 30.2. The number of likely N-dealkylation sites (tertiary alicyclic amines) is 1. The van der Waals surface area contributed by atoms with E-state index < -0.39 is 44.8 Å². The van der Waals surface area contributed by atoms with E-state index in [9.17, 15) is 23.1 Å². The summed E-state index contributed by atoms with van der Waals surface area (Å²) in [7, 11) is -3.65. The van der Waals surface area contributed by atoms with E-state index >= 15 is 0 Å². The molecule has 3 heterocycles. The average molecular weight is 602 g/mol. The molecule has 12 nitrogen and oxygen atoms in total. The molecule has 1 aliphatic carbocycles.